The number of carbonyl (C=O) groups excluding carboxylic acids is 2. The predicted octanol–water partition coefficient (Wildman–Crippen LogP) is 5.41. The summed E-state index contributed by atoms with van der Waals surface area (Å²) in [5.41, 5.74) is 2.17. The summed E-state index contributed by atoms with van der Waals surface area (Å²) in [6, 6.07) is 7.59. The van der Waals surface area contributed by atoms with Gasteiger partial charge in [-0.1, -0.05) is 26.8 Å². The van der Waals surface area contributed by atoms with Crippen LogP contribution in [-0.4, -0.2) is 24.2 Å². The average molecular weight is 404 g/mol. The van der Waals surface area contributed by atoms with E-state index in [9.17, 15) is 9.59 Å². The molecular weight excluding hydrogens is 378 g/mol. The Balaban J connectivity index is 1.89. The van der Waals surface area contributed by atoms with Gasteiger partial charge < -0.3 is 10.1 Å². The van der Waals surface area contributed by atoms with E-state index in [-0.39, 0.29) is 11.9 Å². The number of carbonyl (C=O) groups is 2. The number of anilines is 1. The van der Waals surface area contributed by atoms with E-state index in [0.717, 1.165) is 29.7 Å². The first-order chi connectivity index (χ1) is 12.9. The number of hydrogen-bond acceptors (Lipinski definition) is 5. The van der Waals surface area contributed by atoms with Gasteiger partial charge in [0.1, 0.15) is 5.00 Å². The third-order valence-corrected chi connectivity index (χ3v) is 6.76. The molecule has 4 nitrogen and oxygen atoms in total. The third kappa shape index (κ3) is 4.55. The molecule has 1 aromatic heterocycles. The molecular formula is C21H25NO3S2. The van der Waals surface area contributed by atoms with Gasteiger partial charge in [-0.3, -0.25) is 4.79 Å². The van der Waals surface area contributed by atoms with Crippen molar-refractivity contribution in [3.8, 4) is 0 Å². The normalized spacial score (nSPS) is 16.1. The fraction of sp³-hybridized carbons (Fsp3) is 0.429. The first-order valence-corrected chi connectivity index (χ1v) is 10.9. The van der Waals surface area contributed by atoms with Crippen molar-refractivity contribution in [3.05, 3.63) is 45.8 Å². The van der Waals surface area contributed by atoms with E-state index >= 15 is 0 Å². The largest absolute Gasteiger partial charge is 0.465 e. The summed E-state index contributed by atoms with van der Waals surface area (Å²) in [6.45, 7) is 6.46. The second-order valence-corrected chi connectivity index (χ2v) is 9.95. The van der Waals surface area contributed by atoms with Crippen molar-refractivity contribution in [1.29, 1.82) is 0 Å². The molecule has 0 saturated carbocycles. The lowest BCUT2D eigenvalue weighted by Crippen LogP contribution is -2.16. The maximum absolute atomic E-state index is 12.8. The molecule has 27 heavy (non-hydrogen) atoms. The lowest BCUT2D eigenvalue weighted by atomic mass is 9.88. The van der Waals surface area contributed by atoms with Gasteiger partial charge in [-0.25, -0.2) is 4.79 Å². The zero-order chi connectivity index (χ0) is 19.6. The lowest BCUT2D eigenvalue weighted by molar-refractivity contribution is 0.0601. The molecule has 0 radical (unpaired) electrons. The zero-order valence-electron chi connectivity index (χ0n) is 16.1. The van der Waals surface area contributed by atoms with E-state index in [2.05, 4.69) is 26.1 Å². The number of esters is 1. The minimum absolute atomic E-state index is 0.196. The van der Waals surface area contributed by atoms with Gasteiger partial charge in [0.25, 0.3) is 5.91 Å². The summed E-state index contributed by atoms with van der Waals surface area (Å²) < 4.78 is 4.99. The zero-order valence-corrected chi connectivity index (χ0v) is 17.8. The van der Waals surface area contributed by atoms with E-state index in [1.54, 1.807) is 17.8 Å². The van der Waals surface area contributed by atoms with Crippen LogP contribution in [0.3, 0.4) is 0 Å². The van der Waals surface area contributed by atoms with Gasteiger partial charge in [0.2, 0.25) is 0 Å². The van der Waals surface area contributed by atoms with Gasteiger partial charge in [0.15, 0.2) is 0 Å². The van der Waals surface area contributed by atoms with Crippen molar-refractivity contribution in [1.82, 2.24) is 0 Å². The van der Waals surface area contributed by atoms with Crippen LogP contribution < -0.4 is 5.32 Å². The van der Waals surface area contributed by atoms with Crippen molar-refractivity contribution in [2.45, 2.75) is 50.2 Å². The molecule has 3 rings (SSSR count). The van der Waals surface area contributed by atoms with Crippen molar-refractivity contribution in [3.63, 3.8) is 0 Å². The van der Waals surface area contributed by atoms with Crippen LogP contribution in [0.15, 0.2) is 29.2 Å². The Labute approximate surface area is 168 Å². The molecule has 0 spiro atoms. The predicted molar refractivity (Wildman–Crippen MR) is 112 cm³/mol. The van der Waals surface area contributed by atoms with Crippen LogP contribution in [0.1, 0.15) is 58.3 Å². The molecule has 0 saturated heterocycles. The highest BCUT2D eigenvalue weighted by Crippen LogP contribution is 2.40. The summed E-state index contributed by atoms with van der Waals surface area (Å²) in [5.74, 6) is 0.0226. The molecule has 1 unspecified atom stereocenters. The number of amides is 1. The fourth-order valence-electron chi connectivity index (χ4n) is 3.31. The summed E-state index contributed by atoms with van der Waals surface area (Å²) in [6.07, 6.45) is 2.85. The molecule has 0 fully saturated rings. The van der Waals surface area contributed by atoms with Crippen LogP contribution in [-0.2, 0) is 17.6 Å². The van der Waals surface area contributed by atoms with Crippen molar-refractivity contribution >= 4 is 40.0 Å². The Bertz CT molecular complexity index is 857. The van der Waals surface area contributed by atoms with E-state index in [1.165, 1.54) is 23.3 Å². The molecule has 1 N–H and O–H groups in total. The van der Waals surface area contributed by atoms with Crippen LogP contribution in [0.5, 0.6) is 0 Å². The summed E-state index contributed by atoms with van der Waals surface area (Å²) >= 11 is 3.23. The van der Waals surface area contributed by atoms with Crippen molar-refractivity contribution in [2.24, 2.45) is 5.92 Å². The smallest absolute Gasteiger partial charge is 0.341 e. The Morgan fingerprint density at radius 2 is 2.11 bits per heavy atom. The minimum Gasteiger partial charge on any atom is -0.465 e. The van der Waals surface area contributed by atoms with Crippen LogP contribution in [0.4, 0.5) is 5.00 Å². The van der Waals surface area contributed by atoms with Crippen LogP contribution in [0.25, 0.3) is 0 Å². The number of fused-ring (bicyclic) bond motifs is 1. The standard InChI is InChI=1S/C21H25NO3S2/c1-12(2)26-15-7-5-6-14(11-15)19(23)22-20-18(21(24)25-4)16-9-8-13(3)10-17(16)27-20/h5-7,11-13H,8-10H2,1-4H3,(H,22,23). The molecule has 2 aromatic rings. The number of thiophene rings is 1. The molecule has 0 bridgehead atoms. The summed E-state index contributed by atoms with van der Waals surface area (Å²) in [4.78, 5) is 27.4. The molecule has 144 valence electrons. The molecule has 6 heteroatoms. The van der Waals surface area contributed by atoms with E-state index in [0.29, 0.717) is 27.3 Å². The Hall–Kier alpha value is -1.79. The first kappa shape index (κ1) is 20.0. The third-order valence-electron chi connectivity index (χ3n) is 4.60. The number of nitrogens with one attached hydrogen (secondary N) is 1. The van der Waals surface area contributed by atoms with E-state index in [4.69, 9.17) is 4.74 Å². The monoisotopic (exact) mass is 403 g/mol. The van der Waals surface area contributed by atoms with Gasteiger partial charge in [-0.15, -0.1) is 23.1 Å². The van der Waals surface area contributed by atoms with Gasteiger partial charge in [-0.05, 0) is 48.9 Å². The maximum atomic E-state index is 12.8. The molecule has 1 amide bonds. The number of methoxy groups -OCH3 is 1. The number of rotatable bonds is 5. The highest BCUT2D eigenvalue weighted by Gasteiger charge is 2.29. The fourth-order valence-corrected chi connectivity index (χ4v) is 5.61. The molecule has 1 atom stereocenters. The Morgan fingerprint density at radius 1 is 1.33 bits per heavy atom. The van der Waals surface area contributed by atoms with Crippen LogP contribution >= 0.6 is 23.1 Å². The summed E-state index contributed by atoms with van der Waals surface area (Å²) in [5, 5.41) is 4.01. The lowest BCUT2D eigenvalue weighted by Gasteiger charge is -2.18. The first-order valence-electron chi connectivity index (χ1n) is 9.20. The van der Waals surface area contributed by atoms with Gasteiger partial charge in [0.05, 0.1) is 12.7 Å². The van der Waals surface area contributed by atoms with E-state index in [1.807, 2.05) is 18.2 Å². The van der Waals surface area contributed by atoms with Crippen LogP contribution in [0.2, 0.25) is 0 Å². The van der Waals surface area contributed by atoms with Gasteiger partial charge >= 0.3 is 5.97 Å². The molecule has 1 heterocycles. The maximum Gasteiger partial charge on any atom is 0.341 e. The highest BCUT2D eigenvalue weighted by atomic mass is 32.2. The number of benzene rings is 1. The molecule has 1 aliphatic rings. The quantitative estimate of drug-likeness (QED) is 0.535. The Kier molecular flexibility index (Phi) is 6.27. The van der Waals surface area contributed by atoms with Crippen molar-refractivity contribution in [2.75, 3.05) is 12.4 Å². The minimum atomic E-state index is -0.374. The second-order valence-electron chi connectivity index (χ2n) is 7.20. The van der Waals surface area contributed by atoms with Gasteiger partial charge in [0, 0.05) is 20.6 Å². The molecule has 1 aliphatic carbocycles. The Morgan fingerprint density at radius 3 is 2.81 bits per heavy atom. The average Bonchev–Trinajstić information content (AvgIpc) is 2.97. The molecule has 0 aliphatic heterocycles. The summed E-state index contributed by atoms with van der Waals surface area (Å²) in [7, 11) is 1.38. The van der Waals surface area contributed by atoms with Crippen LogP contribution in [0, 0.1) is 5.92 Å². The van der Waals surface area contributed by atoms with Crippen molar-refractivity contribution < 1.29 is 14.3 Å². The van der Waals surface area contributed by atoms with Gasteiger partial charge in [-0.2, -0.15) is 0 Å². The highest BCUT2D eigenvalue weighted by molar-refractivity contribution is 7.99. The topological polar surface area (TPSA) is 55.4 Å². The second kappa shape index (κ2) is 8.48. The van der Waals surface area contributed by atoms with E-state index < -0.39 is 0 Å². The number of thioether (sulfide) groups is 1. The number of hydrogen-bond donors (Lipinski definition) is 1. The molecule has 1 aromatic carbocycles. The number of ether oxygens (including phenoxy) is 1. The SMILES string of the molecule is COC(=O)c1c(NC(=O)c2cccc(SC(C)C)c2)sc2c1CCC(C)C2.